The monoisotopic (exact) mass is 954 g/mol. The molecule has 65 heavy (non-hydrogen) atoms. The van der Waals surface area contributed by atoms with Crippen LogP contribution in [-0.2, 0) is 61.6 Å². The molecule has 3 aliphatic heterocycles. The molecule has 0 aliphatic carbocycles. The summed E-state index contributed by atoms with van der Waals surface area (Å²) in [5.41, 5.74) is -0.969. The maximum absolute atomic E-state index is 13.3. The number of amides is 1. The van der Waals surface area contributed by atoms with Crippen LogP contribution < -0.4 is 47.9 Å². The van der Waals surface area contributed by atoms with E-state index in [0.717, 1.165) is 19.6 Å². The highest BCUT2D eigenvalue weighted by molar-refractivity contribution is 7.80. The van der Waals surface area contributed by atoms with Crippen molar-refractivity contribution in [3.63, 3.8) is 0 Å². The lowest BCUT2D eigenvalue weighted by Crippen LogP contribution is -2.68. The van der Waals surface area contributed by atoms with Crippen molar-refractivity contribution in [1.29, 1.82) is 0 Å². The molecule has 2 bridgehead atoms. The summed E-state index contributed by atoms with van der Waals surface area (Å²) < 4.78 is 64.9. The van der Waals surface area contributed by atoms with Crippen molar-refractivity contribution < 1.29 is 61.6 Å². The van der Waals surface area contributed by atoms with Crippen LogP contribution in [0.25, 0.3) is 0 Å². The number of thiocarbonyl (C=S) groups is 1. The van der Waals surface area contributed by atoms with Crippen LogP contribution in [0.2, 0.25) is 0 Å². The summed E-state index contributed by atoms with van der Waals surface area (Å²) in [5, 5.41) is 32.2. The topological polar surface area (TPSA) is 236 Å². The van der Waals surface area contributed by atoms with Gasteiger partial charge in [0.15, 0.2) is 5.11 Å². The van der Waals surface area contributed by atoms with Gasteiger partial charge in [0.05, 0.1) is 143 Å². The SMILES string of the molecule is C#COCCOCCOCCOCCOCNC(=S)NC12CNCCNCC(NC(=O)CCOCCOCCOCCOCCOCCOCCOC)(CNCCNC1)CNCCNC2. The van der Waals surface area contributed by atoms with Crippen molar-refractivity contribution in [1.82, 2.24) is 47.9 Å². The number of methoxy groups -OCH3 is 1. The number of rotatable bonds is 37. The maximum atomic E-state index is 13.3. The van der Waals surface area contributed by atoms with Crippen molar-refractivity contribution in [3.8, 4) is 12.5 Å². The molecule has 0 saturated carbocycles. The van der Waals surface area contributed by atoms with Crippen LogP contribution in [0.4, 0.5) is 0 Å². The van der Waals surface area contributed by atoms with E-state index >= 15 is 0 Å². The predicted octanol–water partition coefficient (Wildman–Crippen LogP) is -3.62. The molecule has 0 aromatic heterocycles. The second-order valence-corrected chi connectivity index (χ2v) is 15.5. The highest BCUT2D eigenvalue weighted by atomic mass is 32.1. The van der Waals surface area contributed by atoms with Crippen LogP contribution in [-0.4, -0.2) is 253 Å². The number of fused-ring (bicyclic) bond motifs is 15. The van der Waals surface area contributed by atoms with Crippen LogP contribution in [0.5, 0.6) is 0 Å². The van der Waals surface area contributed by atoms with E-state index in [1.54, 1.807) is 7.11 Å². The first-order valence-electron chi connectivity index (χ1n) is 23.0. The summed E-state index contributed by atoms with van der Waals surface area (Å²) >= 11 is 5.72. The summed E-state index contributed by atoms with van der Waals surface area (Å²) in [6, 6.07) is 0. The van der Waals surface area contributed by atoms with Gasteiger partial charge in [-0.3, -0.25) is 4.79 Å². The molecular weight excluding hydrogens is 871 g/mol. The summed E-state index contributed by atoms with van der Waals surface area (Å²) in [4.78, 5) is 13.3. The fourth-order valence-corrected chi connectivity index (χ4v) is 6.57. The van der Waals surface area contributed by atoms with Gasteiger partial charge in [0.25, 0.3) is 0 Å². The molecule has 0 atom stereocenters. The molecule has 3 heterocycles. The Hall–Kier alpha value is -2.16. The van der Waals surface area contributed by atoms with E-state index < -0.39 is 11.1 Å². The standard InChI is InChI=1S/C42H83N9O13S/c1-3-54-14-15-57-20-21-60-28-29-63-30-31-64-38-49-40(65)51-42-35-46-8-5-43-32-41(33-44-6-9-47-36-42,34-45-7-10-48-37-42)50-39(52)4-11-55-16-17-58-22-23-61-26-27-62-25-24-59-19-18-56-13-12-53-2/h1,43-48H,4-38H2,2H3,(H,50,52)(H2,49,51,65). The lowest BCUT2D eigenvalue weighted by atomic mass is 9.97. The van der Waals surface area contributed by atoms with E-state index in [2.05, 4.69) is 54.0 Å². The average molecular weight is 954 g/mol. The third kappa shape index (κ3) is 34.7. The molecule has 1 amide bonds. The minimum atomic E-state index is -0.548. The van der Waals surface area contributed by atoms with Gasteiger partial charge in [0.2, 0.25) is 5.91 Å². The van der Waals surface area contributed by atoms with E-state index in [9.17, 15) is 4.79 Å². The molecule has 22 nitrogen and oxygen atoms in total. The molecule has 0 radical (unpaired) electrons. The van der Waals surface area contributed by atoms with Gasteiger partial charge < -0.3 is 105 Å². The van der Waals surface area contributed by atoms with E-state index in [0.29, 0.717) is 203 Å². The van der Waals surface area contributed by atoms with Gasteiger partial charge in [-0.05, 0) is 12.2 Å². The molecule has 3 fully saturated rings. The molecule has 23 heteroatoms. The highest BCUT2D eigenvalue weighted by Gasteiger charge is 2.33. The molecule has 0 spiro atoms. The minimum absolute atomic E-state index is 0.0648. The summed E-state index contributed by atoms with van der Waals surface area (Å²) in [5.74, 6) is -0.0648. The highest BCUT2D eigenvalue weighted by Crippen LogP contribution is 2.06. The Bertz CT molecular complexity index is 1130. The Balaban J connectivity index is 1.61. The Morgan fingerprint density at radius 2 is 0.785 bits per heavy atom. The van der Waals surface area contributed by atoms with Gasteiger partial charge in [-0.2, -0.15) is 0 Å². The molecule has 9 N–H and O–H groups in total. The van der Waals surface area contributed by atoms with Gasteiger partial charge in [-0.15, -0.1) is 0 Å². The normalized spacial score (nSPS) is 20.1. The third-order valence-electron chi connectivity index (χ3n) is 9.63. The third-order valence-corrected chi connectivity index (χ3v) is 9.87. The van der Waals surface area contributed by atoms with Gasteiger partial charge in [-0.1, -0.05) is 6.42 Å². The molecular formula is C42H83N9O13S. The molecule has 380 valence electrons. The molecule has 0 aromatic rings. The van der Waals surface area contributed by atoms with Crippen molar-refractivity contribution in [2.75, 3.05) is 231 Å². The van der Waals surface area contributed by atoms with E-state index in [1.807, 2.05) is 0 Å². The lowest BCUT2D eigenvalue weighted by Gasteiger charge is -2.39. The Kier molecular flexibility index (Phi) is 39.1. The largest absolute Gasteiger partial charge is 0.444 e. The Morgan fingerprint density at radius 1 is 0.477 bits per heavy atom. The number of terminal acetylenes is 1. The molecule has 0 aromatic carbocycles. The van der Waals surface area contributed by atoms with Gasteiger partial charge >= 0.3 is 0 Å². The first-order valence-corrected chi connectivity index (χ1v) is 23.4. The maximum Gasteiger partial charge on any atom is 0.222 e. The van der Waals surface area contributed by atoms with Gasteiger partial charge in [0, 0.05) is 92.1 Å². The number of nitrogens with one attached hydrogen (secondary N) is 9. The summed E-state index contributed by atoms with van der Waals surface area (Å²) in [6.45, 7) is 18.0. The van der Waals surface area contributed by atoms with Crippen molar-refractivity contribution in [2.45, 2.75) is 17.5 Å². The summed E-state index contributed by atoms with van der Waals surface area (Å²) in [6.07, 6.45) is 7.36. The van der Waals surface area contributed by atoms with E-state index in [4.69, 9.17) is 75.5 Å². The van der Waals surface area contributed by atoms with E-state index in [1.165, 1.54) is 0 Å². The number of hydrogen-bond acceptors (Lipinski definition) is 20. The molecule has 3 aliphatic rings. The van der Waals surface area contributed by atoms with E-state index in [-0.39, 0.29) is 19.1 Å². The predicted molar refractivity (Wildman–Crippen MR) is 249 cm³/mol. The molecule has 3 rings (SSSR count). The average Bonchev–Trinajstić information content (AvgIpc) is 3.30. The zero-order valence-corrected chi connectivity index (χ0v) is 39.9. The first kappa shape index (κ1) is 59.0. The summed E-state index contributed by atoms with van der Waals surface area (Å²) in [7, 11) is 1.64. The zero-order chi connectivity index (χ0) is 46.5. The van der Waals surface area contributed by atoms with Crippen molar-refractivity contribution in [3.05, 3.63) is 0 Å². The van der Waals surface area contributed by atoms with Crippen LogP contribution in [0.1, 0.15) is 6.42 Å². The minimum Gasteiger partial charge on any atom is -0.444 e. The Morgan fingerprint density at radius 3 is 1.14 bits per heavy atom. The Labute approximate surface area is 393 Å². The zero-order valence-electron chi connectivity index (χ0n) is 39.0. The molecule has 0 unspecified atom stereocenters. The number of hydrogen-bond donors (Lipinski definition) is 9. The van der Waals surface area contributed by atoms with Crippen molar-refractivity contribution >= 4 is 23.2 Å². The van der Waals surface area contributed by atoms with Crippen LogP contribution in [0.15, 0.2) is 0 Å². The van der Waals surface area contributed by atoms with Crippen LogP contribution >= 0.6 is 12.2 Å². The second-order valence-electron chi connectivity index (χ2n) is 15.1. The quantitative estimate of drug-likeness (QED) is 0.0127. The fourth-order valence-electron chi connectivity index (χ4n) is 6.30. The van der Waals surface area contributed by atoms with Crippen LogP contribution in [0.3, 0.4) is 0 Å². The number of carbonyl (C=O) groups excluding carboxylic acids is 1. The number of ether oxygens (including phenoxy) is 12. The lowest BCUT2D eigenvalue weighted by molar-refractivity contribution is -0.124. The smallest absolute Gasteiger partial charge is 0.222 e. The number of carbonyl (C=O) groups is 1. The van der Waals surface area contributed by atoms with Crippen LogP contribution in [0, 0.1) is 12.5 Å². The van der Waals surface area contributed by atoms with Gasteiger partial charge in [-0.25, -0.2) is 0 Å². The molecule has 3 saturated heterocycles. The fraction of sp³-hybridized carbons (Fsp3) is 0.905. The van der Waals surface area contributed by atoms with Gasteiger partial charge in [0.1, 0.15) is 19.4 Å². The first-order chi connectivity index (χ1) is 32.0. The second kappa shape index (κ2) is 43.1. The van der Waals surface area contributed by atoms with Crippen molar-refractivity contribution in [2.24, 2.45) is 0 Å².